The van der Waals surface area contributed by atoms with Gasteiger partial charge in [0.05, 0.1) is 40.3 Å². The van der Waals surface area contributed by atoms with Crippen LogP contribution in [0.4, 0.5) is 5.69 Å². The van der Waals surface area contributed by atoms with Crippen molar-refractivity contribution in [3.63, 3.8) is 0 Å². The molecular weight excluding hydrogens is 427 g/mol. The zero-order valence-electron chi connectivity index (χ0n) is 17.0. The van der Waals surface area contributed by atoms with Gasteiger partial charge in [0.25, 0.3) is 0 Å². The lowest BCUT2D eigenvalue weighted by atomic mass is 10.0. The van der Waals surface area contributed by atoms with Crippen LogP contribution in [0.2, 0.25) is 10.0 Å². The molecular formula is C26H22Cl2N2O. The standard InChI is InChI=1S/C26H22Cl2N2O/c27-22-12-7-13-23(28)26(22)30-18-21(19-8-3-1-4-9-19)25(29-14-16-31-17-15-29)24(30)20-10-5-2-6-11-20/h1-13,18H,14-17H2. The second kappa shape index (κ2) is 8.80. The Morgan fingerprint density at radius 3 is 1.84 bits per heavy atom. The lowest BCUT2D eigenvalue weighted by Gasteiger charge is -2.31. The summed E-state index contributed by atoms with van der Waals surface area (Å²) in [6.07, 6.45) is 2.16. The topological polar surface area (TPSA) is 17.4 Å². The zero-order valence-corrected chi connectivity index (χ0v) is 18.5. The Labute approximate surface area is 192 Å². The van der Waals surface area contributed by atoms with Gasteiger partial charge in [0.2, 0.25) is 0 Å². The predicted octanol–water partition coefficient (Wildman–Crippen LogP) is 6.95. The highest BCUT2D eigenvalue weighted by atomic mass is 35.5. The smallest absolute Gasteiger partial charge is 0.0831 e. The number of morpholine rings is 1. The van der Waals surface area contributed by atoms with Gasteiger partial charge in [0.1, 0.15) is 0 Å². The third-order valence-corrected chi connectivity index (χ3v) is 6.23. The molecule has 1 fully saturated rings. The fourth-order valence-electron chi connectivity index (χ4n) is 4.20. The first-order chi connectivity index (χ1) is 15.2. The number of benzene rings is 3. The zero-order chi connectivity index (χ0) is 21.2. The Morgan fingerprint density at radius 1 is 0.645 bits per heavy atom. The summed E-state index contributed by atoms with van der Waals surface area (Å²) in [6, 6.07) is 26.5. The van der Waals surface area contributed by atoms with E-state index < -0.39 is 0 Å². The average Bonchev–Trinajstić information content (AvgIpc) is 3.21. The van der Waals surface area contributed by atoms with Gasteiger partial charge in [-0.15, -0.1) is 0 Å². The molecule has 156 valence electrons. The Bertz CT molecular complexity index is 1160. The number of rotatable bonds is 4. The molecule has 1 aliphatic rings. The van der Waals surface area contributed by atoms with Crippen molar-refractivity contribution in [2.45, 2.75) is 0 Å². The molecule has 1 saturated heterocycles. The van der Waals surface area contributed by atoms with E-state index in [0.717, 1.165) is 41.2 Å². The molecule has 5 heteroatoms. The molecule has 2 heterocycles. The Morgan fingerprint density at radius 2 is 1.23 bits per heavy atom. The molecule has 31 heavy (non-hydrogen) atoms. The molecule has 0 amide bonds. The van der Waals surface area contributed by atoms with Crippen molar-refractivity contribution in [3.8, 4) is 28.1 Å². The van der Waals surface area contributed by atoms with E-state index in [1.807, 2.05) is 30.3 Å². The molecule has 3 aromatic carbocycles. The lowest BCUT2D eigenvalue weighted by molar-refractivity contribution is 0.123. The van der Waals surface area contributed by atoms with Crippen molar-refractivity contribution in [1.29, 1.82) is 0 Å². The fraction of sp³-hybridized carbons (Fsp3) is 0.154. The highest BCUT2D eigenvalue weighted by Crippen LogP contribution is 2.45. The highest BCUT2D eigenvalue weighted by molar-refractivity contribution is 6.37. The number of nitrogens with zero attached hydrogens (tertiary/aromatic N) is 2. The summed E-state index contributed by atoms with van der Waals surface area (Å²) in [5.74, 6) is 0. The van der Waals surface area contributed by atoms with Gasteiger partial charge in [-0.25, -0.2) is 0 Å². The van der Waals surface area contributed by atoms with Gasteiger partial charge in [-0.05, 0) is 17.7 Å². The van der Waals surface area contributed by atoms with Crippen LogP contribution in [0, 0.1) is 0 Å². The number of para-hydroxylation sites is 1. The van der Waals surface area contributed by atoms with Crippen LogP contribution >= 0.6 is 23.2 Å². The third-order valence-electron chi connectivity index (χ3n) is 5.62. The summed E-state index contributed by atoms with van der Waals surface area (Å²) in [6.45, 7) is 3.08. The summed E-state index contributed by atoms with van der Waals surface area (Å²) in [4.78, 5) is 2.41. The number of halogens is 2. The summed E-state index contributed by atoms with van der Waals surface area (Å²) in [5.41, 5.74) is 6.47. The fourth-order valence-corrected chi connectivity index (χ4v) is 4.78. The van der Waals surface area contributed by atoms with Gasteiger partial charge in [0.15, 0.2) is 0 Å². The molecule has 0 spiro atoms. The van der Waals surface area contributed by atoms with Gasteiger partial charge in [-0.2, -0.15) is 0 Å². The van der Waals surface area contributed by atoms with Gasteiger partial charge < -0.3 is 14.2 Å². The van der Waals surface area contributed by atoms with Crippen LogP contribution in [-0.4, -0.2) is 30.9 Å². The third kappa shape index (κ3) is 3.85. The number of anilines is 1. The van der Waals surface area contributed by atoms with E-state index in [-0.39, 0.29) is 0 Å². The van der Waals surface area contributed by atoms with Crippen LogP contribution in [0.3, 0.4) is 0 Å². The van der Waals surface area contributed by atoms with Gasteiger partial charge in [0, 0.05) is 30.4 Å². The molecule has 1 aromatic heterocycles. The Kier molecular flexibility index (Phi) is 5.73. The SMILES string of the molecule is Clc1cccc(Cl)c1-n1cc(-c2ccccc2)c(N2CCOCC2)c1-c1ccccc1. The largest absolute Gasteiger partial charge is 0.378 e. The first-order valence-electron chi connectivity index (χ1n) is 10.4. The minimum absolute atomic E-state index is 0.618. The van der Waals surface area contributed by atoms with Crippen LogP contribution in [0.25, 0.3) is 28.1 Å². The van der Waals surface area contributed by atoms with Crippen LogP contribution in [0.1, 0.15) is 0 Å². The number of hydrogen-bond acceptors (Lipinski definition) is 2. The van der Waals surface area contributed by atoms with E-state index in [0.29, 0.717) is 23.3 Å². The maximum atomic E-state index is 6.68. The van der Waals surface area contributed by atoms with E-state index in [1.165, 1.54) is 5.69 Å². The van der Waals surface area contributed by atoms with Crippen molar-refractivity contribution in [2.24, 2.45) is 0 Å². The highest BCUT2D eigenvalue weighted by Gasteiger charge is 2.26. The maximum Gasteiger partial charge on any atom is 0.0831 e. The number of ether oxygens (including phenoxy) is 1. The maximum absolute atomic E-state index is 6.68. The first kappa shape index (κ1) is 20.2. The quantitative estimate of drug-likeness (QED) is 0.335. The molecule has 0 atom stereocenters. The number of hydrogen-bond donors (Lipinski definition) is 0. The molecule has 0 bridgehead atoms. The average molecular weight is 449 g/mol. The molecule has 4 aromatic rings. The molecule has 3 nitrogen and oxygen atoms in total. The first-order valence-corrected chi connectivity index (χ1v) is 11.1. The number of aromatic nitrogens is 1. The van der Waals surface area contributed by atoms with Crippen molar-refractivity contribution in [3.05, 3.63) is 95.1 Å². The van der Waals surface area contributed by atoms with Crippen molar-refractivity contribution in [1.82, 2.24) is 4.57 Å². The summed E-state index contributed by atoms with van der Waals surface area (Å²) >= 11 is 13.4. The lowest BCUT2D eigenvalue weighted by Crippen LogP contribution is -2.36. The summed E-state index contributed by atoms with van der Waals surface area (Å²) in [7, 11) is 0. The van der Waals surface area contributed by atoms with Crippen LogP contribution in [0.15, 0.2) is 85.1 Å². The van der Waals surface area contributed by atoms with Gasteiger partial charge >= 0.3 is 0 Å². The van der Waals surface area contributed by atoms with Gasteiger partial charge in [-0.1, -0.05) is 89.9 Å². The second-order valence-electron chi connectivity index (χ2n) is 7.51. The van der Waals surface area contributed by atoms with Crippen molar-refractivity contribution in [2.75, 3.05) is 31.2 Å². The Balaban J connectivity index is 1.85. The molecule has 0 aliphatic carbocycles. The molecule has 0 saturated carbocycles. The second-order valence-corrected chi connectivity index (χ2v) is 8.33. The van der Waals surface area contributed by atoms with Crippen LogP contribution in [0.5, 0.6) is 0 Å². The van der Waals surface area contributed by atoms with Gasteiger partial charge in [-0.3, -0.25) is 0 Å². The molecule has 1 aliphatic heterocycles. The molecule has 0 unspecified atom stereocenters. The van der Waals surface area contributed by atoms with E-state index in [1.54, 1.807) is 0 Å². The van der Waals surface area contributed by atoms with E-state index in [4.69, 9.17) is 27.9 Å². The minimum atomic E-state index is 0.618. The van der Waals surface area contributed by atoms with Crippen LogP contribution < -0.4 is 4.90 Å². The van der Waals surface area contributed by atoms with Crippen molar-refractivity contribution >= 4 is 28.9 Å². The predicted molar refractivity (Wildman–Crippen MR) is 130 cm³/mol. The monoisotopic (exact) mass is 448 g/mol. The van der Waals surface area contributed by atoms with E-state index >= 15 is 0 Å². The summed E-state index contributed by atoms with van der Waals surface area (Å²) in [5, 5.41) is 1.24. The van der Waals surface area contributed by atoms with Crippen LogP contribution in [-0.2, 0) is 4.74 Å². The van der Waals surface area contributed by atoms with E-state index in [9.17, 15) is 0 Å². The Hall–Kier alpha value is -2.72. The molecule has 5 rings (SSSR count). The molecule has 0 radical (unpaired) electrons. The van der Waals surface area contributed by atoms with E-state index in [2.05, 4.69) is 64.2 Å². The summed E-state index contributed by atoms with van der Waals surface area (Å²) < 4.78 is 7.80. The normalized spacial score (nSPS) is 14.1. The molecule has 0 N–H and O–H groups in total. The minimum Gasteiger partial charge on any atom is -0.378 e. The van der Waals surface area contributed by atoms with Crippen molar-refractivity contribution < 1.29 is 4.74 Å².